The Morgan fingerprint density at radius 2 is 1.61 bits per heavy atom. The number of hydrogen-bond donors (Lipinski definition) is 2. The van der Waals surface area contributed by atoms with Gasteiger partial charge < -0.3 is 40.1 Å². The molecule has 4 aliphatic heterocycles. The number of carbonyl (C=O) groups excluding carboxylic acids is 4. The standard InChI is InChI=1S/C41H56ClF3N8O6/c1-48(2)13-5-23-58-36(54)27-49-14-9-30(10-15-49)50-19-21-51(22-20-50)38(55)35(26-28-24-32(41(43,44)45)37(46)33(42)25-28)59-40(57)52-16-11-31(12-17-52)53-18-8-29-6-3-4-7-34(29)47-39(53)56/h3-4,6-7,24-25,30-31,35H,5,8-23,26-27,46H2,1-2H3,(H,47,56)/t35-/m1/s1. The number of piperidine rings is 2. The molecule has 4 aliphatic rings. The van der Waals surface area contributed by atoms with Crippen LogP contribution < -0.4 is 11.1 Å². The fourth-order valence-corrected chi connectivity index (χ4v) is 8.70. The molecule has 0 aliphatic carbocycles. The number of halogens is 4. The van der Waals surface area contributed by atoms with Gasteiger partial charge in [0, 0.05) is 89.6 Å². The molecule has 0 aromatic heterocycles. The van der Waals surface area contributed by atoms with Crippen LogP contribution in [0.5, 0.6) is 0 Å². The molecule has 14 nitrogen and oxygen atoms in total. The number of benzene rings is 2. The second kappa shape index (κ2) is 19.8. The summed E-state index contributed by atoms with van der Waals surface area (Å²) >= 11 is 6.15. The number of amides is 4. The first-order chi connectivity index (χ1) is 28.2. The maximum absolute atomic E-state index is 14.2. The van der Waals surface area contributed by atoms with Gasteiger partial charge in [0.2, 0.25) is 0 Å². The Morgan fingerprint density at radius 1 is 0.932 bits per heavy atom. The van der Waals surface area contributed by atoms with Gasteiger partial charge in [-0.2, -0.15) is 13.2 Å². The lowest BCUT2D eigenvalue weighted by Crippen LogP contribution is -2.57. The van der Waals surface area contributed by atoms with E-state index < -0.39 is 35.5 Å². The first-order valence-corrected chi connectivity index (χ1v) is 20.9. The highest BCUT2D eigenvalue weighted by Gasteiger charge is 2.38. The lowest BCUT2D eigenvalue weighted by Gasteiger charge is -2.43. The average molecular weight is 849 g/mol. The fourth-order valence-electron chi connectivity index (χ4n) is 8.46. The van der Waals surface area contributed by atoms with Crippen molar-refractivity contribution in [3.8, 4) is 0 Å². The maximum atomic E-state index is 14.2. The van der Waals surface area contributed by atoms with E-state index in [0.717, 1.165) is 56.2 Å². The third-order valence-electron chi connectivity index (χ3n) is 11.8. The number of hydrogen-bond acceptors (Lipinski definition) is 10. The number of anilines is 2. The minimum atomic E-state index is -4.79. The largest absolute Gasteiger partial charge is 0.465 e. The molecule has 3 N–H and O–H groups in total. The van der Waals surface area contributed by atoms with Crippen molar-refractivity contribution in [1.82, 2.24) is 29.4 Å². The molecule has 3 fully saturated rings. The number of nitrogens with two attached hydrogens (primary N) is 1. The third-order valence-corrected chi connectivity index (χ3v) is 12.1. The number of nitrogen functional groups attached to an aromatic ring is 1. The number of esters is 1. The predicted octanol–water partition coefficient (Wildman–Crippen LogP) is 4.65. The van der Waals surface area contributed by atoms with Crippen molar-refractivity contribution in [3.05, 3.63) is 58.1 Å². The Labute approximate surface area is 348 Å². The molecule has 1 atom stereocenters. The van der Waals surface area contributed by atoms with Gasteiger partial charge >= 0.3 is 24.3 Å². The third kappa shape index (κ3) is 11.7. The summed E-state index contributed by atoms with van der Waals surface area (Å²) < 4.78 is 53.0. The average Bonchev–Trinajstić information content (AvgIpc) is 3.38. The number of alkyl halides is 3. The summed E-state index contributed by atoms with van der Waals surface area (Å²) in [4.78, 5) is 64.7. The summed E-state index contributed by atoms with van der Waals surface area (Å²) in [6, 6.07) is 9.73. The van der Waals surface area contributed by atoms with Gasteiger partial charge in [-0.3, -0.25) is 19.4 Å². The monoisotopic (exact) mass is 848 g/mol. The van der Waals surface area contributed by atoms with Crippen molar-refractivity contribution in [1.29, 1.82) is 0 Å². The predicted molar refractivity (Wildman–Crippen MR) is 217 cm³/mol. The molecule has 324 valence electrons. The number of para-hydroxylation sites is 1. The number of urea groups is 1. The molecule has 2 aromatic carbocycles. The smallest absolute Gasteiger partial charge is 0.418 e. The van der Waals surface area contributed by atoms with Crippen LogP contribution in [-0.4, -0.2) is 164 Å². The van der Waals surface area contributed by atoms with Crippen LogP contribution >= 0.6 is 11.6 Å². The number of piperazine rings is 1. The summed E-state index contributed by atoms with van der Waals surface area (Å²) in [6.07, 6.45) is -3.15. The second-order valence-electron chi connectivity index (χ2n) is 16.1. The summed E-state index contributed by atoms with van der Waals surface area (Å²) in [6.45, 7) is 5.87. The number of nitrogens with one attached hydrogen (secondary N) is 1. The van der Waals surface area contributed by atoms with Crippen molar-refractivity contribution in [2.24, 2.45) is 0 Å². The fraction of sp³-hybridized carbons (Fsp3) is 0.610. The van der Waals surface area contributed by atoms with Crippen molar-refractivity contribution < 1.29 is 41.8 Å². The maximum Gasteiger partial charge on any atom is 0.418 e. The molecule has 0 spiro atoms. The number of nitrogens with zero attached hydrogens (tertiary/aromatic N) is 6. The van der Waals surface area contributed by atoms with Gasteiger partial charge in [0.25, 0.3) is 5.91 Å². The van der Waals surface area contributed by atoms with Gasteiger partial charge in [-0.15, -0.1) is 0 Å². The lowest BCUT2D eigenvalue weighted by molar-refractivity contribution is -0.145. The van der Waals surface area contributed by atoms with Gasteiger partial charge in [0.15, 0.2) is 6.10 Å². The number of fused-ring (bicyclic) bond motifs is 1. The van der Waals surface area contributed by atoms with E-state index >= 15 is 0 Å². The van der Waals surface area contributed by atoms with E-state index in [4.69, 9.17) is 26.8 Å². The number of carbonyl (C=O) groups is 4. The van der Waals surface area contributed by atoms with E-state index in [2.05, 4.69) is 15.1 Å². The number of ether oxygens (including phenoxy) is 2. The Balaban J connectivity index is 1.05. The van der Waals surface area contributed by atoms with Crippen LogP contribution in [0.1, 0.15) is 48.8 Å². The van der Waals surface area contributed by atoms with Gasteiger partial charge in [-0.25, -0.2) is 9.59 Å². The second-order valence-corrected chi connectivity index (χ2v) is 16.5. The zero-order valence-corrected chi connectivity index (χ0v) is 34.6. The van der Waals surface area contributed by atoms with Crippen LogP contribution in [-0.2, 0) is 38.1 Å². The minimum absolute atomic E-state index is 0.0531. The highest BCUT2D eigenvalue weighted by Crippen LogP contribution is 2.38. The van der Waals surface area contributed by atoms with Gasteiger partial charge in [-0.1, -0.05) is 29.8 Å². The van der Waals surface area contributed by atoms with E-state index in [0.29, 0.717) is 58.6 Å². The van der Waals surface area contributed by atoms with E-state index in [1.165, 1.54) is 11.0 Å². The topological polar surface area (TPSA) is 144 Å². The SMILES string of the molecule is CN(C)CCCOC(=O)CN1CCC(N2CCN(C(=O)[C@@H](Cc3cc(Cl)c(N)c(C(F)(F)F)c3)OC(=O)N3CCC(N4CCc5ccccc5NC4=O)CC3)CC2)CC1. The lowest BCUT2D eigenvalue weighted by atomic mass is 10.0. The molecular weight excluding hydrogens is 793 g/mol. The van der Waals surface area contributed by atoms with Crippen LogP contribution in [0, 0.1) is 0 Å². The number of likely N-dealkylation sites (tertiary alicyclic amines) is 2. The van der Waals surface area contributed by atoms with Crippen molar-refractivity contribution in [2.75, 3.05) is 104 Å². The number of rotatable bonds is 12. The zero-order valence-electron chi connectivity index (χ0n) is 33.9. The highest BCUT2D eigenvalue weighted by molar-refractivity contribution is 6.33. The normalized spacial score (nSPS) is 19.6. The molecule has 59 heavy (non-hydrogen) atoms. The molecule has 3 saturated heterocycles. The quantitative estimate of drug-likeness (QED) is 0.176. The van der Waals surface area contributed by atoms with E-state index in [-0.39, 0.29) is 60.7 Å². The molecule has 4 heterocycles. The Hall–Kier alpha value is -4.32. The first kappa shape index (κ1) is 44.2. The molecule has 0 bridgehead atoms. The van der Waals surface area contributed by atoms with E-state index in [1.54, 1.807) is 9.80 Å². The Bertz CT molecular complexity index is 1800. The highest BCUT2D eigenvalue weighted by atomic mass is 35.5. The van der Waals surface area contributed by atoms with Crippen LogP contribution in [0.2, 0.25) is 5.02 Å². The van der Waals surface area contributed by atoms with Gasteiger partial charge in [-0.05, 0) is 81.9 Å². The summed E-state index contributed by atoms with van der Waals surface area (Å²) in [5, 5.41) is 2.67. The summed E-state index contributed by atoms with van der Waals surface area (Å²) in [5.74, 6) is -0.729. The van der Waals surface area contributed by atoms with Crippen LogP contribution in [0.4, 0.5) is 34.1 Å². The van der Waals surface area contributed by atoms with Crippen LogP contribution in [0.3, 0.4) is 0 Å². The molecule has 0 radical (unpaired) electrons. The first-order valence-electron chi connectivity index (χ1n) is 20.5. The Kier molecular flexibility index (Phi) is 14.9. The molecule has 6 rings (SSSR count). The van der Waals surface area contributed by atoms with Crippen LogP contribution in [0.15, 0.2) is 36.4 Å². The Morgan fingerprint density at radius 3 is 2.29 bits per heavy atom. The minimum Gasteiger partial charge on any atom is -0.465 e. The molecule has 0 saturated carbocycles. The van der Waals surface area contributed by atoms with E-state index in [1.807, 2.05) is 43.3 Å². The molecule has 0 unspecified atom stereocenters. The molecule has 2 aromatic rings. The van der Waals surface area contributed by atoms with Crippen LogP contribution in [0.25, 0.3) is 0 Å². The van der Waals surface area contributed by atoms with Crippen molar-refractivity contribution in [3.63, 3.8) is 0 Å². The van der Waals surface area contributed by atoms with Gasteiger partial charge in [0.05, 0.1) is 29.4 Å². The van der Waals surface area contributed by atoms with Crippen molar-refractivity contribution in [2.45, 2.75) is 69.3 Å². The molecular formula is C41H56ClF3N8O6. The van der Waals surface area contributed by atoms with Crippen molar-refractivity contribution >= 4 is 47.0 Å². The van der Waals surface area contributed by atoms with Gasteiger partial charge in [0.1, 0.15) is 0 Å². The molecule has 18 heteroatoms. The molecule has 4 amide bonds. The zero-order chi connectivity index (χ0) is 42.3. The van der Waals surface area contributed by atoms with E-state index in [9.17, 15) is 32.3 Å². The summed E-state index contributed by atoms with van der Waals surface area (Å²) in [5.41, 5.74) is 5.82. The summed E-state index contributed by atoms with van der Waals surface area (Å²) in [7, 11) is 3.95.